The van der Waals surface area contributed by atoms with Crippen molar-refractivity contribution in [3.63, 3.8) is 0 Å². The molecule has 6 nitrogen and oxygen atoms in total. The molecule has 0 aliphatic carbocycles. The highest BCUT2D eigenvalue weighted by atomic mass is 19.1. The molecule has 0 aromatic heterocycles. The van der Waals surface area contributed by atoms with Crippen molar-refractivity contribution in [1.82, 2.24) is 9.96 Å². The molecule has 1 atom stereocenters. The Hall–Kier alpha value is -3.06. The monoisotopic (exact) mass is 382 g/mol. The average Bonchev–Trinajstić information content (AvgIpc) is 2.94. The summed E-state index contributed by atoms with van der Waals surface area (Å²) in [6, 6.07) is 12.0. The zero-order valence-electron chi connectivity index (χ0n) is 15.1. The van der Waals surface area contributed by atoms with Crippen LogP contribution in [0.3, 0.4) is 0 Å². The number of likely N-dealkylation sites (tertiary alicyclic amines) is 1. The van der Waals surface area contributed by atoms with Gasteiger partial charge in [0.25, 0.3) is 11.8 Å². The molecule has 2 aliphatic rings. The van der Waals surface area contributed by atoms with E-state index in [2.05, 4.69) is 0 Å². The minimum atomic E-state index is -0.648. The Morgan fingerprint density at radius 1 is 1.04 bits per heavy atom. The van der Waals surface area contributed by atoms with Gasteiger partial charge in [0.1, 0.15) is 11.9 Å². The molecule has 2 aromatic carbocycles. The van der Waals surface area contributed by atoms with Gasteiger partial charge in [-0.1, -0.05) is 35.7 Å². The van der Waals surface area contributed by atoms with Crippen LogP contribution in [-0.2, 0) is 16.2 Å². The molecule has 2 amide bonds. The molecule has 7 heteroatoms. The summed E-state index contributed by atoms with van der Waals surface area (Å²) in [5.41, 5.74) is 1.20. The van der Waals surface area contributed by atoms with Gasteiger partial charge in [-0.15, -0.1) is 0 Å². The number of hydrogen-bond acceptors (Lipinski definition) is 5. The van der Waals surface area contributed by atoms with Gasteiger partial charge in [-0.3, -0.25) is 14.5 Å². The molecular formula is C21H19FN2O4. The van der Waals surface area contributed by atoms with Crippen LogP contribution in [0.4, 0.5) is 4.39 Å². The number of hydroxylamine groups is 2. The average molecular weight is 382 g/mol. The van der Waals surface area contributed by atoms with Crippen LogP contribution in [-0.4, -0.2) is 40.3 Å². The number of carbonyl (C=O) groups excluding carboxylic acids is 3. The number of nitrogens with zero attached hydrogens (tertiary/aromatic N) is 2. The molecule has 0 spiro atoms. The highest BCUT2D eigenvalue weighted by Crippen LogP contribution is 2.25. The number of amides is 2. The summed E-state index contributed by atoms with van der Waals surface area (Å²) in [4.78, 5) is 44.7. The van der Waals surface area contributed by atoms with Crippen molar-refractivity contribution in [1.29, 1.82) is 0 Å². The van der Waals surface area contributed by atoms with E-state index >= 15 is 0 Å². The van der Waals surface area contributed by atoms with E-state index in [4.69, 9.17) is 4.84 Å². The molecule has 1 saturated heterocycles. The van der Waals surface area contributed by atoms with Gasteiger partial charge in [-0.05, 0) is 49.2 Å². The number of hydrogen-bond donors (Lipinski definition) is 0. The normalized spacial score (nSPS) is 19.6. The standard InChI is InChI=1S/C21H19FN2O4/c22-15-7-5-6-14(12-15)13-23-11-4-3-10-18(23)21(27)28-24-19(25)16-8-1-2-9-17(16)20(24)26/h1-2,5-9,12,18H,3-4,10-11,13H2. The lowest BCUT2D eigenvalue weighted by atomic mass is 10.0. The lowest BCUT2D eigenvalue weighted by Gasteiger charge is -2.34. The molecule has 0 saturated carbocycles. The van der Waals surface area contributed by atoms with Gasteiger partial charge in [0, 0.05) is 6.54 Å². The molecule has 1 unspecified atom stereocenters. The smallest absolute Gasteiger partial charge is 0.328 e. The van der Waals surface area contributed by atoms with Crippen LogP contribution in [0, 0.1) is 5.82 Å². The quantitative estimate of drug-likeness (QED) is 0.761. The van der Waals surface area contributed by atoms with Crippen molar-refractivity contribution in [3.05, 3.63) is 71.0 Å². The predicted molar refractivity (Wildman–Crippen MR) is 97.5 cm³/mol. The first kappa shape index (κ1) is 18.3. The van der Waals surface area contributed by atoms with Gasteiger partial charge in [0.2, 0.25) is 0 Å². The number of fused-ring (bicyclic) bond motifs is 1. The maximum absolute atomic E-state index is 13.5. The first-order valence-electron chi connectivity index (χ1n) is 9.23. The van der Waals surface area contributed by atoms with Crippen LogP contribution in [0.25, 0.3) is 0 Å². The van der Waals surface area contributed by atoms with E-state index in [1.165, 1.54) is 24.3 Å². The van der Waals surface area contributed by atoms with Gasteiger partial charge in [-0.2, -0.15) is 0 Å². The van der Waals surface area contributed by atoms with E-state index in [-0.39, 0.29) is 16.9 Å². The lowest BCUT2D eigenvalue weighted by Crippen LogP contribution is -2.47. The predicted octanol–water partition coefficient (Wildman–Crippen LogP) is 2.93. The molecule has 0 N–H and O–H groups in total. The third-order valence-corrected chi connectivity index (χ3v) is 5.10. The fourth-order valence-corrected chi connectivity index (χ4v) is 3.72. The van der Waals surface area contributed by atoms with Gasteiger partial charge >= 0.3 is 5.97 Å². The van der Waals surface area contributed by atoms with Crippen LogP contribution in [0.15, 0.2) is 48.5 Å². The van der Waals surface area contributed by atoms with Crippen molar-refractivity contribution in [2.24, 2.45) is 0 Å². The highest BCUT2D eigenvalue weighted by Gasteiger charge is 2.41. The molecule has 2 heterocycles. The highest BCUT2D eigenvalue weighted by molar-refractivity contribution is 6.20. The number of carbonyl (C=O) groups is 3. The van der Waals surface area contributed by atoms with Gasteiger partial charge in [0.15, 0.2) is 0 Å². The molecule has 2 aromatic rings. The molecule has 28 heavy (non-hydrogen) atoms. The summed E-state index contributed by atoms with van der Waals surface area (Å²) in [5.74, 6) is -2.26. The van der Waals surface area contributed by atoms with E-state index in [1.807, 2.05) is 4.90 Å². The van der Waals surface area contributed by atoms with E-state index in [1.54, 1.807) is 24.3 Å². The van der Waals surface area contributed by atoms with Gasteiger partial charge < -0.3 is 4.84 Å². The van der Waals surface area contributed by atoms with Crippen LogP contribution in [0.5, 0.6) is 0 Å². The minimum Gasteiger partial charge on any atom is -0.328 e. The minimum absolute atomic E-state index is 0.223. The second-order valence-electron chi connectivity index (χ2n) is 6.97. The summed E-state index contributed by atoms with van der Waals surface area (Å²) in [6.07, 6.45) is 2.30. The fourth-order valence-electron chi connectivity index (χ4n) is 3.72. The van der Waals surface area contributed by atoms with Crippen molar-refractivity contribution in [3.8, 4) is 0 Å². The van der Waals surface area contributed by atoms with Crippen LogP contribution < -0.4 is 0 Å². The Morgan fingerprint density at radius 2 is 1.75 bits per heavy atom. The third-order valence-electron chi connectivity index (χ3n) is 5.10. The van der Waals surface area contributed by atoms with E-state index < -0.39 is 23.8 Å². The zero-order valence-corrected chi connectivity index (χ0v) is 15.1. The van der Waals surface area contributed by atoms with Crippen LogP contribution in [0.2, 0.25) is 0 Å². The third kappa shape index (κ3) is 3.41. The SMILES string of the molecule is O=C(ON1C(=O)c2ccccc2C1=O)C1CCCCN1Cc1cccc(F)c1. The Bertz CT molecular complexity index is 911. The number of rotatable bonds is 4. The van der Waals surface area contributed by atoms with Gasteiger partial charge in [-0.25, -0.2) is 9.18 Å². The molecule has 1 fully saturated rings. The summed E-state index contributed by atoms with van der Waals surface area (Å²) >= 11 is 0. The molecule has 0 radical (unpaired) electrons. The fraction of sp³-hybridized carbons (Fsp3) is 0.286. The zero-order chi connectivity index (χ0) is 19.7. The summed E-state index contributed by atoms with van der Waals surface area (Å²) in [5, 5.41) is 0.544. The van der Waals surface area contributed by atoms with E-state index in [9.17, 15) is 18.8 Å². The Balaban J connectivity index is 1.48. The summed E-state index contributed by atoms with van der Waals surface area (Å²) in [7, 11) is 0. The first-order chi connectivity index (χ1) is 13.5. The van der Waals surface area contributed by atoms with Crippen LogP contribution in [0.1, 0.15) is 45.5 Å². The maximum atomic E-state index is 13.5. The second-order valence-corrected chi connectivity index (χ2v) is 6.97. The number of halogens is 1. The Morgan fingerprint density at radius 3 is 2.43 bits per heavy atom. The molecule has 2 aliphatic heterocycles. The summed E-state index contributed by atoms with van der Waals surface area (Å²) in [6.45, 7) is 1.04. The number of benzene rings is 2. The van der Waals surface area contributed by atoms with Crippen LogP contribution >= 0.6 is 0 Å². The van der Waals surface area contributed by atoms with Crippen molar-refractivity contribution < 1.29 is 23.6 Å². The largest absolute Gasteiger partial charge is 0.350 e. The maximum Gasteiger partial charge on any atom is 0.350 e. The topological polar surface area (TPSA) is 66.9 Å². The van der Waals surface area contributed by atoms with Crippen molar-refractivity contribution in [2.45, 2.75) is 31.8 Å². The molecular weight excluding hydrogens is 363 g/mol. The van der Waals surface area contributed by atoms with Gasteiger partial charge in [0.05, 0.1) is 11.1 Å². The molecule has 144 valence electrons. The Labute approximate surface area is 161 Å². The molecule has 0 bridgehead atoms. The van der Waals surface area contributed by atoms with E-state index in [0.717, 1.165) is 18.4 Å². The molecule has 4 rings (SSSR count). The lowest BCUT2D eigenvalue weighted by molar-refractivity contribution is -0.176. The second kappa shape index (κ2) is 7.52. The summed E-state index contributed by atoms with van der Waals surface area (Å²) < 4.78 is 13.5. The number of imide groups is 1. The van der Waals surface area contributed by atoms with Crippen molar-refractivity contribution >= 4 is 17.8 Å². The van der Waals surface area contributed by atoms with Crippen molar-refractivity contribution in [2.75, 3.05) is 6.54 Å². The number of piperidine rings is 1. The van der Waals surface area contributed by atoms with E-state index in [0.29, 0.717) is 24.6 Å². The first-order valence-corrected chi connectivity index (χ1v) is 9.23. The Kier molecular flexibility index (Phi) is 4.92.